The maximum Gasteiger partial charge on any atom is 0.453 e. The first-order valence-corrected chi connectivity index (χ1v) is 9.27. The summed E-state index contributed by atoms with van der Waals surface area (Å²) in [6.45, 7) is 1.37. The lowest BCUT2D eigenvalue weighted by Crippen LogP contribution is -2.18. The molecule has 5 nitrogen and oxygen atoms in total. The highest BCUT2D eigenvalue weighted by Crippen LogP contribution is 2.39. The Morgan fingerprint density at radius 3 is 2.52 bits per heavy atom. The predicted octanol–water partition coefficient (Wildman–Crippen LogP) is 5.90. The molecule has 3 aromatic rings. The number of benzene rings is 2. The van der Waals surface area contributed by atoms with Gasteiger partial charge >= 0.3 is 12.1 Å². The molecule has 0 spiro atoms. The first-order valence-electron chi connectivity index (χ1n) is 8.04. The van der Waals surface area contributed by atoms with Crippen LogP contribution in [0.3, 0.4) is 0 Å². The molecule has 0 radical (unpaired) electrons. The zero-order valence-electron chi connectivity index (χ0n) is 14.5. The molecule has 10 heteroatoms. The van der Waals surface area contributed by atoms with Crippen molar-refractivity contribution in [2.45, 2.75) is 18.5 Å². The van der Waals surface area contributed by atoms with E-state index in [9.17, 15) is 22.8 Å². The highest BCUT2D eigenvalue weighted by atomic mass is 79.9. The Labute approximate surface area is 175 Å². The number of rotatable bonds is 4. The van der Waals surface area contributed by atoms with Crippen molar-refractivity contribution in [3.05, 3.63) is 62.9 Å². The number of halogens is 5. The summed E-state index contributed by atoms with van der Waals surface area (Å²) >= 11 is 8.75. The molecule has 0 saturated heterocycles. The van der Waals surface area contributed by atoms with Crippen molar-refractivity contribution in [2.75, 3.05) is 0 Å². The molecule has 152 valence electrons. The number of ether oxygens (including phenoxy) is 2. The summed E-state index contributed by atoms with van der Waals surface area (Å²) in [6, 6.07) is 9.53. The van der Waals surface area contributed by atoms with Gasteiger partial charge in [-0.05, 0) is 47.1 Å². The van der Waals surface area contributed by atoms with Gasteiger partial charge in [-0.2, -0.15) is 13.2 Å². The standard InChI is InChI=1S/C19H11BrClF3O5/c1-9(21)18(26)27-10-6-7-11-14(8-10)29-17(19(22,23)24)16(15(11)25)28-13-5-3-2-4-12(13)20/h2-9H,1H3. The number of fused-ring (bicyclic) bond motifs is 1. The Hall–Kier alpha value is -2.52. The molecule has 2 aromatic carbocycles. The Morgan fingerprint density at radius 2 is 1.90 bits per heavy atom. The number of hydrogen-bond donors (Lipinski definition) is 0. The lowest BCUT2D eigenvalue weighted by molar-refractivity contribution is -0.154. The van der Waals surface area contributed by atoms with Crippen LogP contribution in [0.2, 0.25) is 0 Å². The van der Waals surface area contributed by atoms with Gasteiger partial charge in [-0.1, -0.05) is 12.1 Å². The van der Waals surface area contributed by atoms with Gasteiger partial charge in [-0.3, -0.25) is 9.59 Å². The second-order valence-corrected chi connectivity index (χ2v) is 7.32. The predicted molar refractivity (Wildman–Crippen MR) is 103 cm³/mol. The van der Waals surface area contributed by atoms with Crippen LogP contribution < -0.4 is 14.9 Å². The number of carbonyl (C=O) groups excluding carboxylic acids is 1. The molecule has 0 aliphatic carbocycles. The van der Waals surface area contributed by atoms with Gasteiger partial charge in [0.2, 0.25) is 11.2 Å². The van der Waals surface area contributed by atoms with Gasteiger partial charge < -0.3 is 13.9 Å². The summed E-state index contributed by atoms with van der Waals surface area (Å²) in [4.78, 5) is 24.3. The molecule has 1 atom stereocenters. The Bertz CT molecular complexity index is 1140. The van der Waals surface area contributed by atoms with Gasteiger partial charge in [0.1, 0.15) is 22.5 Å². The van der Waals surface area contributed by atoms with Crippen LogP contribution in [-0.4, -0.2) is 11.3 Å². The first-order chi connectivity index (χ1) is 13.6. The average molecular weight is 492 g/mol. The number of esters is 1. The minimum absolute atomic E-state index is 0.00583. The van der Waals surface area contributed by atoms with E-state index in [4.69, 9.17) is 25.5 Å². The average Bonchev–Trinajstić information content (AvgIpc) is 2.64. The number of para-hydroxylation sites is 1. The van der Waals surface area contributed by atoms with Crippen molar-refractivity contribution in [3.8, 4) is 17.2 Å². The van der Waals surface area contributed by atoms with Crippen molar-refractivity contribution in [1.82, 2.24) is 0 Å². The van der Waals surface area contributed by atoms with E-state index in [-0.39, 0.29) is 16.9 Å². The minimum atomic E-state index is -5.01. The van der Waals surface area contributed by atoms with Crippen LogP contribution in [0.5, 0.6) is 17.2 Å². The fourth-order valence-electron chi connectivity index (χ4n) is 2.33. The zero-order valence-corrected chi connectivity index (χ0v) is 16.9. The number of carbonyl (C=O) groups is 1. The number of hydrogen-bond acceptors (Lipinski definition) is 5. The topological polar surface area (TPSA) is 65.7 Å². The molecule has 29 heavy (non-hydrogen) atoms. The molecule has 0 amide bonds. The first kappa shape index (κ1) is 21.2. The largest absolute Gasteiger partial charge is 0.453 e. The highest BCUT2D eigenvalue weighted by molar-refractivity contribution is 9.10. The van der Waals surface area contributed by atoms with Crippen LogP contribution in [-0.2, 0) is 11.0 Å². The van der Waals surface area contributed by atoms with E-state index in [1.807, 2.05) is 0 Å². The van der Waals surface area contributed by atoms with E-state index in [1.54, 1.807) is 12.1 Å². The van der Waals surface area contributed by atoms with Crippen LogP contribution in [0.15, 0.2) is 56.1 Å². The van der Waals surface area contributed by atoms with E-state index in [0.717, 1.165) is 6.07 Å². The lowest BCUT2D eigenvalue weighted by atomic mass is 10.2. The van der Waals surface area contributed by atoms with Crippen LogP contribution in [0.25, 0.3) is 11.0 Å². The van der Waals surface area contributed by atoms with E-state index >= 15 is 0 Å². The third-order valence-corrected chi connectivity index (χ3v) is 4.50. The zero-order chi connectivity index (χ0) is 21.3. The van der Waals surface area contributed by atoms with Crippen molar-refractivity contribution < 1.29 is 31.9 Å². The summed E-state index contributed by atoms with van der Waals surface area (Å²) in [5.74, 6) is -3.54. The van der Waals surface area contributed by atoms with Crippen molar-refractivity contribution >= 4 is 44.5 Å². The Balaban J connectivity index is 2.16. The summed E-state index contributed by atoms with van der Waals surface area (Å²) in [5, 5.41) is -1.15. The fourth-order valence-corrected chi connectivity index (χ4v) is 2.74. The maximum atomic E-state index is 13.5. The normalized spacial score (nSPS) is 12.6. The summed E-state index contributed by atoms with van der Waals surface area (Å²) in [5.41, 5.74) is -1.45. The SMILES string of the molecule is CC(Cl)C(=O)Oc1ccc2c(=O)c(Oc3ccccc3Br)c(C(F)(F)F)oc2c1. The third kappa shape index (κ3) is 4.56. The quantitative estimate of drug-likeness (QED) is 0.258. The highest BCUT2D eigenvalue weighted by Gasteiger charge is 2.40. The van der Waals surface area contributed by atoms with E-state index in [1.165, 1.54) is 31.2 Å². The van der Waals surface area contributed by atoms with Crippen molar-refractivity contribution in [1.29, 1.82) is 0 Å². The Kier molecular flexibility index (Phi) is 5.90. The third-order valence-electron chi connectivity index (χ3n) is 3.67. The molecule has 0 bridgehead atoms. The van der Waals surface area contributed by atoms with Gasteiger partial charge in [0, 0.05) is 6.07 Å². The van der Waals surface area contributed by atoms with E-state index < -0.39 is 40.0 Å². The number of alkyl halides is 4. The van der Waals surface area contributed by atoms with Crippen LogP contribution in [0.4, 0.5) is 13.2 Å². The molecular formula is C19H11BrClF3O5. The van der Waals surface area contributed by atoms with Crippen LogP contribution in [0, 0.1) is 0 Å². The van der Waals surface area contributed by atoms with Crippen LogP contribution in [0.1, 0.15) is 12.7 Å². The molecule has 0 aliphatic heterocycles. The maximum absolute atomic E-state index is 13.5. The van der Waals surface area contributed by atoms with E-state index in [2.05, 4.69) is 15.9 Å². The summed E-state index contributed by atoms with van der Waals surface area (Å²) in [6.07, 6.45) is -5.01. The van der Waals surface area contributed by atoms with Crippen molar-refractivity contribution in [2.24, 2.45) is 0 Å². The molecule has 1 unspecified atom stereocenters. The molecule has 1 heterocycles. The van der Waals surface area contributed by atoms with Gasteiger partial charge in [-0.15, -0.1) is 11.6 Å². The van der Waals surface area contributed by atoms with Gasteiger partial charge in [-0.25, -0.2) is 0 Å². The van der Waals surface area contributed by atoms with Gasteiger partial charge in [0.05, 0.1) is 9.86 Å². The van der Waals surface area contributed by atoms with Gasteiger partial charge in [0.25, 0.3) is 5.76 Å². The molecule has 0 aliphatic rings. The summed E-state index contributed by atoms with van der Waals surface area (Å²) in [7, 11) is 0. The molecule has 0 saturated carbocycles. The second kappa shape index (κ2) is 8.08. The smallest absolute Gasteiger partial charge is 0.448 e. The van der Waals surface area contributed by atoms with Crippen molar-refractivity contribution in [3.63, 3.8) is 0 Å². The fraction of sp³-hybridized carbons (Fsp3) is 0.158. The monoisotopic (exact) mass is 490 g/mol. The van der Waals surface area contributed by atoms with Gasteiger partial charge in [0.15, 0.2) is 0 Å². The van der Waals surface area contributed by atoms with Crippen LogP contribution >= 0.6 is 27.5 Å². The second-order valence-electron chi connectivity index (χ2n) is 5.81. The molecule has 0 N–H and O–H groups in total. The molecule has 1 aromatic heterocycles. The molecule has 0 fully saturated rings. The van der Waals surface area contributed by atoms with E-state index in [0.29, 0.717) is 4.47 Å². The lowest BCUT2D eigenvalue weighted by Gasteiger charge is -2.14. The molecule has 3 rings (SSSR count). The summed E-state index contributed by atoms with van der Waals surface area (Å²) < 4.78 is 56.1. The molecular weight excluding hydrogens is 481 g/mol. The minimum Gasteiger partial charge on any atom is -0.448 e. The Morgan fingerprint density at radius 1 is 1.21 bits per heavy atom.